The molecule has 0 aliphatic heterocycles. The number of nitrogens with one attached hydrogen (secondary N) is 1. The maximum Gasteiger partial charge on any atom is 0.318 e. The van der Waals surface area contributed by atoms with Gasteiger partial charge in [-0.3, -0.25) is 0 Å². The van der Waals surface area contributed by atoms with E-state index in [-0.39, 0.29) is 13.1 Å². The average molecular weight is 308 g/mol. The summed E-state index contributed by atoms with van der Waals surface area (Å²) in [6, 6.07) is 8.51. The van der Waals surface area contributed by atoms with Crippen LogP contribution < -0.4 is 5.32 Å². The topological polar surface area (TPSA) is 50.2 Å². The third kappa shape index (κ3) is 4.54. The van der Waals surface area contributed by atoms with E-state index < -0.39 is 19.0 Å². The summed E-state index contributed by atoms with van der Waals surface area (Å²) in [5.41, 5.74) is 0.801. The molecule has 2 amide bonds. The van der Waals surface area contributed by atoms with Crippen LogP contribution in [0.1, 0.15) is 11.4 Å². The van der Waals surface area contributed by atoms with Crippen molar-refractivity contribution in [3.8, 4) is 0 Å². The minimum atomic E-state index is -2.58. The smallest absolute Gasteiger partial charge is 0.318 e. The molecule has 0 bridgehead atoms. The number of rotatable bonds is 6. The van der Waals surface area contributed by atoms with Gasteiger partial charge in [0.2, 0.25) is 0 Å². The lowest BCUT2D eigenvalue weighted by molar-refractivity contribution is 0.0955. The molecule has 2 rings (SSSR count). The molecule has 2 aromatic rings. The highest BCUT2D eigenvalue weighted by Crippen LogP contribution is 2.08. The predicted molar refractivity (Wildman–Crippen MR) is 78.3 cm³/mol. The zero-order valence-electron chi connectivity index (χ0n) is 12.2. The van der Waals surface area contributed by atoms with Crippen molar-refractivity contribution in [1.82, 2.24) is 19.8 Å². The van der Waals surface area contributed by atoms with Crippen LogP contribution in [0.5, 0.6) is 0 Å². The summed E-state index contributed by atoms with van der Waals surface area (Å²) in [5.74, 6) is 0.657. The van der Waals surface area contributed by atoms with Crippen LogP contribution in [0.3, 0.4) is 0 Å². The molecule has 0 unspecified atom stereocenters. The number of nitrogens with zero attached hydrogens (tertiary/aromatic N) is 3. The van der Waals surface area contributed by atoms with Gasteiger partial charge in [-0.1, -0.05) is 30.3 Å². The number of carbonyl (C=O) groups is 1. The number of hydrogen-bond acceptors (Lipinski definition) is 2. The second-order valence-electron chi connectivity index (χ2n) is 4.87. The highest BCUT2D eigenvalue weighted by atomic mass is 19.3. The van der Waals surface area contributed by atoms with Gasteiger partial charge in [0.15, 0.2) is 0 Å². The Kier molecular flexibility index (Phi) is 5.46. The van der Waals surface area contributed by atoms with Crippen LogP contribution in [0, 0.1) is 0 Å². The second-order valence-corrected chi connectivity index (χ2v) is 4.87. The largest absolute Gasteiger partial charge is 0.337 e. The minimum absolute atomic E-state index is 0.136. The molecule has 118 valence electrons. The Morgan fingerprint density at radius 1 is 1.36 bits per heavy atom. The first-order chi connectivity index (χ1) is 10.6. The molecule has 0 atom stereocenters. The van der Waals surface area contributed by atoms with Crippen molar-refractivity contribution < 1.29 is 13.6 Å². The van der Waals surface area contributed by atoms with Gasteiger partial charge in [-0.05, 0) is 5.56 Å². The monoisotopic (exact) mass is 308 g/mol. The molecule has 5 nitrogen and oxygen atoms in total. The molecule has 1 heterocycles. The molecule has 0 saturated heterocycles. The number of urea groups is 1. The first-order valence-electron chi connectivity index (χ1n) is 6.87. The van der Waals surface area contributed by atoms with E-state index >= 15 is 0 Å². The molecular weight excluding hydrogens is 290 g/mol. The first-order valence-corrected chi connectivity index (χ1v) is 6.87. The van der Waals surface area contributed by atoms with Crippen LogP contribution in [0.4, 0.5) is 13.6 Å². The van der Waals surface area contributed by atoms with Gasteiger partial charge < -0.3 is 14.8 Å². The van der Waals surface area contributed by atoms with Crippen molar-refractivity contribution in [2.75, 3.05) is 6.54 Å². The molecule has 0 aliphatic rings. The third-order valence-corrected chi connectivity index (χ3v) is 3.18. The summed E-state index contributed by atoms with van der Waals surface area (Å²) in [7, 11) is 1.80. The van der Waals surface area contributed by atoms with E-state index in [2.05, 4.69) is 10.3 Å². The van der Waals surface area contributed by atoms with Gasteiger partial charge in [-0.15, -0.1) is 0 Å². The lowest BCUT2D eigenvalue weighted by Crippen LogP contribution is -2.42. The van der Waals surface area contributed by atoms with Gasteiger partial charge in [0.05, 0.1) is 13.1 Å². The fourth-order valence-electron chi connectivity index (χ4n) is 2.02. The maximum absolute atomic E-state index is 12.7. The summed E-state index contributed by atoms with van der Waals surface area (Å²) < 4.78 is 27.1. The van der Waals surface area contributed by atoms with Crippen molar-refractivity contribution in [2.45, 2.75) is 19.5 Å². The normalized spacial score (nSPS) is 10.7. The number of imidazole rings is 1. The van der Waals surface area contributed by atoms with Crippen molar-refractivity contribution in [2.24, 2.45) is 7.05 Å². The molecule has 1 aromatic carbocycles. The van der Waals surface area contributed by atoms with E-state index in [0.29, 0.717) is 5.82 Å². The quantitative estimate of drug-likeness (QED) is 0.891. The van der Waals surface area contributed by atoms with E-state index in [0.717, 1.165) is 10.5 Å². The zero-order valence-corrected chi connectivity index (χ0v) is 12.2. The summed E-state index contributed by atoms with van der Waals surface area (Å²) in [6.07, 6.45) is 0.785. The lowest BCUT2D eigenvalue weighted by Gasteiger charge is -2.22. The van der Waals surface area contributed by atoms with E-state index in [4.69, 9.17) is 0 Å². The third-order valence-electron chi connectivity index (χ3n) is 3.18. The van der Waals surface area contributed by atoms with Gasteiger partial charge in [-0.2, -0.15) is 0 Å². The van der Waals surface area contributed by atoms with Crippen LogP contribution in [0.25, 0.3) is 0 Å². The average Bonchev–Trinajstić information content (AvgIpc) is 2.90. The van der Waals surface area contributed by atoms with E-state index in [9.17, 15) is 13.6 Å². The first kappa shape index (κ1) is 15.9. The molecule has 0 fully saturated rings. The Bertz CT molecular complexity index is 601. The summed E-state index contributed by atoms with van der Waals surface area (Å²) in [6.45, 7) is -0.282. The Morgan fingerprint density at radius 2 is 2.09 bits per heavy atom. The molecule has 0 saturated carbocycles. The second kappa shape index (κ2) is 7.53. The number of amides is 2. The molecule has 0 radical (unpaired) electrons. The maximum atomic E-state index is 12.7. The van der Waals surface area contributed by atoms with Gasteiger partial charge >= 0.3 is 6.03 Å². The summed E-state index contributed by atoms with van der Waals surface area (Å²) >= 11 is 0. The van der Waals surface area contributed by atoms with Crippen LogP contribution in [0.15, 0.2) is 42.7 Å². The summed E-state index contributed by atoms with van der Waals surface area (Å²) in [4.78, 5) is 17.3. The van der Waals surface area contributed by atoms with Gasteiger partial charge in [0.1, 0.15) is 5.82 Å². The fraction of sp³-hybridized carbons (Fsp3) is 0.333. The van der Waals surface area contributed by atoms with Crippen LogP contribution in [-0.4, -0.2) is 33.5 Å². The van der Waals surface area contributed by atoms with Gasteiger partial charge in [-0.25, -0.2) is 18.6 Å². The SMILES string of the molecule is Cn1ccnc1CNC(=O)N(Cc1ccccc1)CC(F)F. The molecule has 7 heteroatoms. The Balaban J connectivity index is 1.98. The molecule has 1 N–H and O–H groups in total. The minimum Gasteiger partial charge on any atom is -0.337 e. The highest BCUT2D eigenvalue weighted by Gasteiger charge is 2.18. The van der Waals surface area contributed by atoms with Crippen molar-refractivity contribution in [3.63, 3.8) is 0 Å². The van der Waals surface area contributed by atoms with Gasteiger partial charge in [0.25, 0.3) is 6.43 Å². The lowest BCUT2D eigenvalue weighted by atomic mass is 10.2. The van der Waals surface area contributed by atoms with E-state index in [1.807, 2.05) is 18.2 Å². The van der Waals surface area contributed by atoms with E-state index in [1.54, 1.807) is 36.1 Å². The molecule has 22 heavy (non-hydrogen) atoms. The Labute approximate surface area is 127 Å². The van der Waals surface area contributed by atoms with E-state index in [1.165, 1.54) is 0 Å². The zero-order chi connectivity index (χ0) is 15.9. The predicted octanol–water partition coefficient (Wildman–Crippen LogP) is 2.40. The van der Waals surface area contributed by atoms with Crippen LogP contribution >= 0.6 is 0 Å². The van der Waals surface area contributed by atoms with Gasteiger partial charge in [0, 0.05) is 26.0 Å². The fourth-order valence-corrected chi connectivity index (χ4v) is 2.02. The number of hydrogen-bond donors (Lipinski definition) is 1. The number of aromatic nitrogens is 2. The highest BCUT2D eigenvalue weighted by molar-refractivity contribution is 5.74. The van der Waals surface area contributed by atoms with Crippen LogP contribution in [0.2, 0.25) is 0 Å². The molecule has 1 aromatic heterocycles. The van der Waals surface area contributed by atoms with Crippen molar-refractivity contribution >= 4 is 6.03 Å². The molecule has 0 aliphatic carbocycles. The number of benzene rings is 1. The Hall–Kier alpha value is -2.44. The van der Waals surface area contributed by atoms with Crippen molar-refractivity contribution in [3.05, 3.63) is 54.1 Å². The standard InChI is InChI=1S/C15H18F2N4O/c1-20-8-7-18-14(20)9-19-15(22)21(11-13(16)17)10-12-5-3-2-4-6-12/h2-8,13H,9-11H2,1H3,(H,19,22). The molecule has 0 spiro atoms. The summed E-state index contributed by atoms with van der Waals surface area (Å²) in [5, 5.41) is 2.62. The number of aryl methyl sites for hydroxylation is 1. The number of alkyl halides is 2. The number of carbonyl (C=O) groups excluding carboxylic acids is 1. The molecular formula is C15H18F2N4O. The van der Waals surface area contributed by atoms with Crippen LogP contribution in [-0.2, 0) is 20.1 Å². The number of halogens is 2. The van der Waals surface area contributed by atoms with Crippen molar-refractivity contribution in [1.29, 1.82) is 0 Å². The Morgan fingerprint density at radius 3 is 2.68 bits per heavy atom.